The van der Waals surface area contributed by atoms with Crippen LogP contribution in [0.4, 0.5) is 11.5 Å². The zero-order valence-electron chi connectivity index (χ0n) is 8.55. The average Bonchev–Trinajstić information content (AvgIpc) is 2.33. The molecule has 1 aromatic carbocycles. The van der Waals surface area contributed by atoms with Gasteiger partial charge in [0.2, 0.25) is 0 Å². The SMILES string of the molecule is C.Nc1ccc(NC(=O)c2ccccc2)nc1. The minimum absolute atomic E-state index is 0. The van der Waals surface area contributed by atoms with E-state index in [0.717, 1.165) is 0 Å². The number of anilines is 2. The number of carbonyl (C=O) groups is 1. The number of rotatable bonds is 2. The third-order valence-electron chi connectivity index (χ3n) is 2.06. The second-order valence-corrected chi connectivity index (χ2v) is 3.30. The van der Waals surface area contributed by atoms with Gasteiger partial charge in [0.25, 0.3) is 5.91 Å². The number of hydrogen-bond donors (Lipinski definition) is 2. The van der Waals surface area contributed by atoms with Crippen molar-refractivity contribution in [3.05, 3.63) is 54.2 Å². The summed E-state index contributed by atoms with van der Waals surface area (Å²) in [5.74, 6) is 0.306. The van der Waals surface area contributed by atoms with E-state index < -0.39 is 0 Å². The minimum Gasteiger partial charge on any atom is -0.397 e. The molecule has 0 atom stereocenters. The van der Waals surface area contributed by atoms with Crippen molar-refractivity contribution < 1.29 is 4.79 Å². The maximum Gasteiger partial charge on any atom is 0.256 e. The molecule has 4 nitrogen and oxygen atoms in total. The number of nitrogens with two attached hydrogens (primary N) is 1. The fourth-order valence-corrected chi connectivity index (χ4v) is 1.26. The zero-order chi connectivity index (χ0) is 11.4. The van der Waals surface area contributed by atoms with Crippen LogP contribution in [0, 0.1) is 0 Å². The van der Waals surface area contributed by atoms with Gasteiger partial charge in [-0.15, -0.1) is 0 Å². The first-order valence-corrected chi connectivity index (χ1v) is 4.83. The maximum absolute atomic E-state index is 11.7. The Balaban J connectivity index is 0.00000144. The lowest BCUT2D eigenvalue weighted by atomic mass is 10.2. The van der Waals surface area contributed by atoms with E-state index in [9.17, 15) is 4.79 Å². The van der Waals surface area contributed by atoms with Crippen LogP contribution < -0.4 is 11.1 Å². The summed E-state index contributed by atoms with van der Waals surface area (Å²) >= 11 is 0. The van der Waals surface area contributed by atoms with Gasteiger partial charge in [-0.05, 0) is 24.3 Å². The van der Waals surface area contributed by atoms with E-state index in [0.29, 0.717) is 17.1 Å². The van der Waals surface area contributed by atoms with Gasteiger partial charge in [-0.25, -0.2) is 4.98 Å². The molecule has 2 rings (SSSR count). The number of nitrogens with zero attached hydrogens (tertiary/aromatic N) is 1. The Kier molecular flexibility index (Phi) is 4.22. The second kappa shape index (κ2) is 5.65. The van der Waals surface area contributed by atoms with E-state index in [-0.39, 0.29) is 13.3 Å². The summed E-state index contributed by atoms with van der Waals surface area (Å²) in [7, 11) is 0. The number of pyridine rings is 1. The number of benzene rings is 1. The Morgan fingerprint density at radius 2 is 1.82 bits per heavy atom. The fourth-order valence-electron chi connectivity index (χ4n) is 1.26. The third-order valence-corrected chi connectivity index (χ3v) is 2.06. The number of aromatic nitrogens is 1. The van der Waals surface area contributed by atoms with Crippen molar-refractivity contribution in [3.63, 3.8) is 0 Å². The van der Waals surface area contributed by atoms with Crippen LogP contribution in [0.25, 0.3) is 0 Å². The highest BCUT2D eigenvalue weighted by Gasteiger charge is 2.04. The van der Waals surface area contributed by atoms with Crippen molar-refractivity contribution in [2.45, 2.75) is 7.43 Å². The lowest BCUT2D eigenvalue weighted by molar-refractivity contribution is 0.102. The standard InChI is InChI=1S/C12H11N3O.CH4/c13-10-6-7-11(14-8-10)15-12(16)9-4-2-1-3-5-9;/h1-8H,13H2,(H,14,15,16);1H4. The van der Waals surface area contributed by atoms with Crippen LogP contribution in [0.1, 0.15) is 17.8 Å². The molecule has 1 amide bonds. The summed E-state index contributed by atoms with van der Waals surface area (Å²) < 4.78 is 0. The molecule has 4 heteroatoms. The van der Waals surface area contributed by atoms with E-state index >= 15 is 0 Å². The second-order valence-electron chi connectivity index (χ2n) is 3.30. The molecule has 0 aliphatic heterocycles. The lowest BCUT2D eigenvalue weighted by Gasteiger charge is -2.03. The highest BCUT2D eigenvalue weighted by atomic mass is 16.1. The van der Waals surface area contributed by atoms with Gasteiger partial charge in [-0.2, -0.15) is 0 Å². The number of hydrogen-bond acceptors (Lipinski definition) is 3. The van der Waals surface area contributed by atoms with Crippen LogP contribution in [0.15, 0.2) is 48.7 Å². The first-order valence-electron chi connectivity index (χ1n) is 4.83. The minimum atomic E-state index is -0.183. The largest absolute Gasteiger partial charge is 0.397 e. The van der Waals surface area contributed by atoms with Crippen molar-refractivity contribution in [1.82, 2.24) is 4.98 Å². The topological polar surface area (TPSA) is 68.0 Å². The van der Waals surface area contributed by atoms with Crippen molar-refractivity contribution in [2.24, 2.45) is 0 Å². The van der Waals surface area contributed by atoms with Crippen molar-refractivity contribution in [3.8, 4) is 0 Å². The van der Waals surface area contributed by atoms with Crippen LogP contribution >= 0.6 is 0 Å². The molecule has 0 saturated heterocycles. The molecule has 2 aromatic rings. The molecular weight excluding hydrogens is 214 g/mol. The average molecular weight is 229 g/mol. The van der Waals surface area contributed by atoms with Crippen molar-refractivity contribution in [1.29, 1.82) is 0 Å². The molecule has 17 heavy (non-hydrogen) atoms. The van der Waals surface area contributed by atoms with Gasteiger partial charge in [-0.3, -0.25) is 4.79 Å². The highest BCUT2D eigenvalue weighted by molar-refractivity contribution is 6.03. The summed E-state index contributed by atoms with van der Waals surface area (Å²) in [5, 5.41) is 2.68. The molecule has 88 valence electrons. The van der Waals surface area contributed by atoms with Gasteiger partial charge in [0.15, 0.2) is 0 Å². The monoisotopic (exact) mass is 229 g/mol. The summed E-state index contributed by atoms with van der Waals surface area (Å²) in [5.41, 5.74) is 6.66. The molecular formula is C13H15N3O. The van der Waals surface area contributed by atoms with Gasteiger partial charge >= 0.3 is 0 Å². The fraction of sp³-hybridized carbons (Fsp3) is 0.0769. The summed E-state index contributed by atoms with van der Waals surface area (Å²) in [6.45, 7) is 0. The van der Waals surface area contributed by atoms with E-state index in [2.05, 4.69) is 10.3 Å². The van der Waals surface area contributed by atoms with Gasteiger partial charge in [0.1, 0.15) is 5.82 Å². The molecule has 0 saturated carbocycles. The first kappa shape index (κ1) is 12.7. The zero-order valence-corrected chi connectivity index (χ0v) is 8.55. The highest BCUT2D eigenvalue weighted by Crippen LogP contribution is 2.08. The van der Waals surface area contributed by atoms with Crippen molar-refractivity contribution in [2.75, 3.05) is 11.1 Å². The smallest absolute Gasteiger partial charge is 0.256 e. The van der Waals surface area contributed by atoms with E-state index in [1.54, 1.807) is 24.3 Å². The van der Waals surface area contributed by atoms with E-state index in [1.165, 1.54) is 6.20 Å². The predicted molar refractivity (Wildman–Crippen MR) is 69.8 cm³/mol. The molecule has 0 radical (unpaired) electrons. The lowest BCUT2D eigenvalue weighted by Crippen LogP contribution is -2.12. The number of nitrogens with one attached hydrogen (secondary N) is 1. The molecule has 3 N–H and O–H groups in total. The van der Waals surface area contributed by atoms with Crippen molar-refractivity contribution >= 4 is 17.4 Å². The molecule has 1 heterocycles. The Bertz CT molecular complexity index is 480. The van der Waals surface area contributed by atoms with Crippen LogP contribution in [-0.2, 0) is 0 Å². The number of nitrogen functional groups attached to an aromatic ring is 1. The molecule has 0 aliphatic rings. The van der Waals surface area contributed by atoms with Crippen LogP contribution in [0.2, 0.25) is 0 Å². The molecule has 0 bridgehead atoms. The van der Waals surface area contributed by atoms with Crippen LogP contribution in [0.5, 0.6) is 0 Å². The Hall–Kier alpha value is -2.36. The van der Waals surface area contributed by atoms with Gasteiger partial charge in [-0.1, -0.05) is 25.6 Å². The quantitative estimate of drug-likeness (QED) is 0.831. The van der Waals surface area contributed by atoms with Gasteiger partial charge < -0.3 is 11.1 Å². The van der Waals surface area contributed by atoms with Crippen LogP contribution in [0.3, 0.4) is 0 Å². The molecule has 0 aliphatic carbocycles. The number of amides is 1. The molecule has 0 spiro atoms. The molecule has 1 aromatic heterocycles. The first-order chi connectivity index (χ1) is 7.75. The Morgan fingerprint density at radius 3 is 2.41 bits per heavy atom. The third kappa shape index (κ3) is 3.31. The summed E-state index contributed by atoms with van der Waals surface area (Å²) in [6.07, 6.45) is 1.50. The Morgan fingerprint density at radius 1 is 1.12 bits per heavy atom. The normalized spacial score (nSPS) is 9.18. The molecule has 0 fully saturated rings. The van der Waals surface area contributed by atoms with E-state index in [1.807, 2.05) is 18.2 Å². The Labute approximate surface area is 100 Å². The van der Waals surface area contributed by atoms with E-state index in [4.69, 9.17) is 5.73 Å². The predicted octanol–water partition coefficient (Wildman–Crippen LogP) is 2.55. The number of carbonyl (C=O) groups excluding carboxylic acids is 1. The molecule has 0 unspecified atom stereocenters. The van der Waals surface area contributed by atoms with Crippen LogP contribution in [-0.4, -0.2) is 10.9 Å². The maximum atomic E-state index is 11.7. The van der Waals surface area contributed by atoms with Gasteiger partial charge in [0, 0.05) is 5.56 Å². The summed E-state index contributed by atoms with van der Waals surface area (Å²) in [4.78, 5) is 15.7. The summed E-state index contributed by atoms with van der Waals surface area (Å²) in [6, 6.07) is 12.3. The van der Waals surface area contributed by atoms with Gasteiger partial charge in [0.05, 0.1) is 11.9 Å².